The molecule has 0 amide bonds. The van der Waals surface area contributed by atoms with Gasteiger partial charge in [0.15, 0.2) is 0 Å². The lowest BCUT2D eigenvalue weighted by Crippen LogP contribution is -1.93. The van der Waals surface area contributed by atoms with Gasteiger partial charge >= 0.3 is 0 Å². The lowest BCUT2D eigenvalue weighted by atomic mass is 10.2. The van der Waals surface area contributed by atoms with Gasteiger partial charge in [-0.25, -0.2) is 0 Å². The number of nitrogen functional groups attached to an aromatic ring is 1. The minimum Gasteiger partial charge on any atom is -0.390 e. The highest BCUT2D eigenvalue weighted by molar-refractivity contribution is 7.16. The van der Waals surface area contributed by atoms with Crippen molar-refractivity contribution in [1.82, 2.24) is 0 Å². The Hall–Kier alpha value is -0.830. The van der Waals surface area contributed by atoms with E-state index in [0.717, 1.165) is 10.6 Å². The third-order valence-electron chi connectivity index (χ3n) is 1.29. The molecule has 0 saturated carbocycles. The number of thiophene rings is 1. The van der Waals surface area contributed by atoms with Crippen LogP contribution in [0.5, 0.6) is 0 Å². The normalized spacial score (nSPS) is 9.80. The minimum atomic E-state index is 0.543. The van der Waals surface area contributed by atoms with E-state index < -0.39 is 0 Å². The zero-order valence-corrected chi connectivity index (χ0v) is 6.88. The van der Waals surface area contributed by atoms with E-state index in [4.69, 9.17) is 11.1 Å². The SMILES string of the molecule is CC(=N)c1cc(C)sc1N. The molecular weight excluding hydrogens is 144 g/mol. The fourth-order valence-corrected chi connectivity index (χ4v) is 1.67. The quantitative estimate of drug-likeness (QED) is 0.597. The molecule has 0 atom stereocenters. The summed E-state index contributed by atoms with van der Waals surface area (Å²) in [5.74, 6) is 0. The van der Waals surface area contributed by atoms with Gasteiger partial charge in [0.05, 0.1) is 5.00 Å². The van der Waals surface area contributed by atoms with Crippen LogP contribution in [0.25, 0.3) is 0 Å². The first-order chi connectivity index (χ1) is 4.61. The van der Waals surface area contributed by atoms with Gasteiger partial charge in [0, 0.05) is 16.2 Å². The van der Waals surface area contributed by atoms with E-state index in [1.54, 1.807) is 6.92 Å². The molecule has 0 bridgehead atoms. The van der Waals surface area contributed by atoms with E-state index in [2.05, 4.69) is 0 Å². The van der Waals surface area contributed by atoms with Crippen molar-refractivity contribution in [2.75, 3.05) is 5.73 Å². The van der Waals surface area contributed by atoms with Crippen LogP contribution in [0.1, 0.15) is 17.4 Å². The van der Waals surface area contributed by atoms with Gasteiger partial charge in [-0.3, -0.25) is 0 Å². The molecule has 3 N–H and O–H groups in total. The monoisotopic (exact) mass is 154 g/mol. The van der Waals surface area contributed by atoms with E-state index in [1.807, 2.05) is 13.0 Å². The number of hydrogen-bond donors (Lipinski definition) is 2. The predicted molar refractivity (Wildman–Crippen MR) is 46.0 cm³/mol. The lowest BCUT2D eigenvalue weighted by molar-refractivity contribution is 1.47. The maximum Gasteiger partial charge on any atom is 0.0950 e. The molecule has 0 fully saturated rings. The third-order valence-corrected chi connectivity index (χ3v) is 2.17. The lowest BCUT2D eigenvalue weighted by Gasteiger charge is -1.91. The first-order valence-electron chi connectivity index (χ1n) is 3.02. The average Bonchev–Trinajstić information content (AvgIpc) is 2.10. The van der Waals surface area contributed by atoms with Crippen LogP contribution in [0.2, 0.25) is 0 Å². The van der Waals surface area contributed by atoms with Crippen molar-refractivity contribution in [2.45, 2.75) is 13.8 Å². The fourth-order valence-electron chi connectivity index (χ4n) is 0.825. The van der Waals surface area contributed by atoms with Crippen LogP contribution in [0, 0.1) is 12.3 Å². The molecule has 0 aliphatic heterocycles. The van der Waals surface area contributed by atoms with E-state index in [0.29, 0.717) is 5.71 Å². The standard InChI is InChI=1S/C7H10N2S/c1-4-3-6(5(2)8)7(9)10-4/h3,8H,9H2,1-2H3. The van der Waals surface area contributed by atoms with Crippen LogP contribution in [0.15, 0.2) is 6.07 Å². The molecule has 0 aliphatic carbocycles. The summed E-state index contributed by atoms with van der Waals surface area (Å²) in [4.78, 5) is 1.17. The van der Waals surface area contributed by atoms with Crippen molar-refractivity contribution >= 4 is 22.0 Å². The molecule has 1 heterocycles. The van der Waals surface area contributed by atoms with Crippen LogP contribution >= 0.6 is 11.3 Å². The maximum atomic E-state index is 7.32. The zero-order chi connectivity index (χ0) is 7.72. The minimum absolute atomic E-state index is 0.543. The van der Waals surface area contributed by atoms with E-state index >= 15 is 0 Å². The molecule has 1 aromatic heterocycles. The second-order valence-electron chi connectivity index (χ2n) is 2.26. The molecule has 0 radical (unpaired) electrons. The molecule has 10 heavy (non-hydrogen) atoms. The highest BCUT2D eigenvalue weighted by atomic mass is 32.1. The average molecular weight is 154 g/mol. The Bertz CT molecular complexity index is 263. The fraction of sp³-hybridized carbons (Fsp3) is 0.286. The topological polar surface area (TPSA) is 49.9 Å². The van der Waals surface area contributed by atoms with Crippen molar-refractivity contribution in [3.05, 3.63) is 16.5 Å². The second-order valence-corrected chi connectivity index (χ2v) is 3.55. The van der Waals surface area contributed by atoms with Crippen LogP contribution in [-0.4, -0.2) is 5.71 Å². The van der Waals surface area contributed by atoms with Gasteiger partial charge in [0.1, 0.15) is 0 Å². The Morgan fingerprint density at radius 1 is 1.70 bits per heavy atom. The Morgan fingerprint density at radius 3 is 2.50 bits per heavy atom. The van der Waals surface area contributed by atoms with Gasteiger partial charge in [-0.15, -0.1) is 11.3 Å². The number of hydrogen-bond acceptors (Lipinski definition) is 3. The predicted octanol–water partition coefficient (Wildman–Crippen LogP) is 2.03. The van der Waals surface area contributed by atoms with Crippen molar-refractivity contribution in [2.24, 2.45) is 0 Å². The van der Waals surface area contributed by atoms with Crippen LogP contribution in [0.3, 0.4) is 0 Å². The highest BCUT2D eigenvalue weighted by Crippen LogP contribution is 2.23. The summed E-state index contributed by atoms with van der Waals surface area (Å²) >= 11 is 1.53. The number of anilines is 1. The van der Waals surface area contributed by atoms with Gasteiger partial charge in [0.2, 0.25) is 0 Å². The van der Waals surface area contributed by atoms with Crippen LogP contribution < -0.4 is 5.73 Å². The summed E-state index contributed by atoms with van der Waals surface area (Å²) in [5.41, 5.74) is 7.04. The van der Waals surface area contributed by atoms with Crippen LogP contribution in [-0.2, 0) is 0 Å². The molecule has 0 aliphatic rings. The molecule has 1 aromatic rings. The Labute approximate surface area is 64.2 Å². The molecule has 0 aromatic carbocycles. The summed E-state index contributed by atoms with van der Waals surface area (Å²) in [6.07, 6.45) is 0. The number of nitrogens with two attached hydrogens (primary N) is 1. The molecule has 3 heteroatoms. The van der Waals surface area contributed by atoms with Crippen molar-refractivity contribution in [3.8, 4) is 0 Å². The van der Waals surface area contributed by atoms with E-state index in [9.17, 15) is 0 Å². The highest BCUT2D eigenvalue weighted by Gasteiger charge is 2.03. The first-order valence-corrected chi connectivity index (χ1v) is 3.84. The van der Waals surface area contributed by atoms with Crippen LogP contribution in [0.4, 0.5) is 5.00 Å². The molecule has 1 rings (SSSR count). The van der Waals surface area contributed by atoms with Crippen molar-refractivity contribution in [1.29, 1.82) is 5.41 Å². The number of aryl methyl sites for hydroxylation is 1. The molecule has 0 spiro atoms. The Morgan fingerprint density at radius 2 is 2.30 bits per heavy atom. The maximum absolute atomic E-state index is 7.32. The summed E-state index contributed by atoms with van der Waals surface area (Å²) in [6.45, 7) is 3.74. The molecule has 2 nitrogen and oxygen atoms in total. The number of nitrogens with one attached hydrogen (secondary N) is 1. The second kappa shape index (κ2) is 2.42. The smallest absolute Gasteiger partial charge is 0.0950 e. The summed E-state index contributed by atoms with van der Waals surface area (Å²) in [6, 6.07) is 1.95. The van der Waals surface area contributed by atoms with Gasteiger partial charge in [-0.1, -0.05) is 0 Å². The molecular formula is C7H10N2S. The number of rotatable bonds is 1. The molecule has 0 saturated heterocycles. The largest absolute Gasteiger partial charge is 0.390 e. The van der Waals surface area contributed by atoms with Gasteiger partial charge in [-0.05, 0) is 19.9 Å². The summed E-state index contributed by atoms with van der Waals surface area (Å²) in [7, 11) is 0. The van der Waals surface area contributed by atoms with E-state index in [-0.39, 0.29) is 0 Å². The molecule has 0 unspecified atom stereocenters. The van der Waals surface area contributed by atoms with Gasteiger partial charge < -0.3 is 11.1 Å². The zero-order valence-electron chi connectivity index (χ0n) is 6.06. The van der Waals surface area contributed by atoms with Crippen molar-refractivity contribution < 1.29 is 0 Å². The van der Waals surface area contributed by atoms with Crippen molar-refractivity contribution in [3.63, 3.8) is 0 Å². The summed E-state index contributed by atoms with van der Waals surface area (Å²) < 4.78 is 0. The first kappa shape index (κ1) is 7.28. The summed E-state index contributed by atoms with van der Waals surface area (Å²) in [5, 5.41) is 8.07. The Balaban J connectivity index is 3.15. The molecule has 54 valence electrons. The third kappa shape index (κ3) is 1.19. The van der Waals surface area contributed by atoms with E-state index in [1.165, 1.54) is 16.2 Å². The van der Waals surface area contributed by atoms with Gasteiger partial charge in [0.25, 0.3) is 0 Å². The Kier molecular flexibility index (Phi) is 1.76. The van der Waals surface area contributed by atoms with Gasteiger partial charge in [-0.2, -0.15) is 0 Å².